The molecule has 3 nitrogen and oxygen atoms in total. The smallest absolute Gasteiger partial charge is 0.191 e. The first kappa shape index (κ1) is 20.1. The third-order valence-corrected chi connectivity index (χ3v) is 12.0. The summed E-state index contributed by atoms with van der Waals surface area (Å²) >= 11 is 0. The van der Waals surface area contributed by atoms with E-state index in [9.17, 15) is 9.90 Å². The fourth-order valence-electron chi connectivity index (χ4n) is 4.35. The number of hydrogen-bond acceptors (Lipinski definition) is 3. The summed E-state index contributed by atoms with van der Waals surface area (Å²) in [5.41, 5.74) is -0.524. The molecule has 0 spiro atoms. The van der Waals surface area contributed by atoms with Crippen molar-refractivity contribution in [2.24, 2.45) is 29.1 Å². The zero-order valence-electron chi connectivity index (χ0n) is 17.0. The summed E-state index contributed by atoms with van der Waals surface area (Å²) < 4.78 is 6.56. The Morgan fingerprint density at radius 2 is 1.92 bits per heavy atom. The van der Waals surface area contributed by atoms with Crippen molar-refractivity contribution in [3.8, 4) is 0 Å². The minimum atomic E-state index is -1.76. The van der Waals surface area contributed by atoms with Gasteiger partial charge in [-0.1, -0.05) is 41.5 Å². The van der Waals surface area contributed by atoms with Crippen molar-refractivity contribution in [3.63, 3.8) is 0 Å². The number of hydrogen-bond donors (Lipinski definition) is 1. The molecule has 4 heteroatoms. The predicted octanol–water partition coefficient (Wildman–Crippen LogP) is 4.65. The van der Waals surface area contributed by atoms with E-state index in [2.05, 4.69) is 47.7 Å². The number of carbonyl (C=O) groups excluding carboxylic acids is 1. The molecule has 0 aromatic carbocycles. The van der Waals surface area contributed by atoms with Crippen LogP contribution in [0, 0.1) is 29.1 Å². The van der Waals surface area contributed by atoms with Gasteiger partial charge in [-0.05, 0) is 54.6 Å². The van der Waals surface area contributed by atoms with E-state index in [1.165, 1.54) is 0 Å². The number of aliphatic hydroxyl groups excluding tert-OH is 1. The summed E-state index contributed by atoms with van der Waals surface area (Å²) in [7, 11) is -1.76. The molecule has 3 aliphatic rings. The predicted molar refractivity (Wildman–Crippen MR) is 101 cm³/mol. The van der Waals surface area contributed by atoms with Gasteiger partial charge in [-0.25, -0.2) is 0 Å². The molecule has 3 fully saturated rings. The molecule has 0 heterocycles. The average molecular weight is 355 g/mol. The lowest BCUT2D eigenvalue weighted by Gasteiger charge is -2.54. The van der Waals surface area contributed by atoms with Crippen LogP contribution in [0.2, 0.25) is 18.1 Å². The van der Waals surface area contributed by atoms with Crippen molar-refractivity contribution in [1.29, 1.82) is 0 Å². The molecule has 24 heavy (non-hydrogen) atoms. The van der Waals surface area contributed by atoms with Gasteiger partial charge in [0.15, 0.2) is 8.32 Å². The Morgan fingerprint density at radius 3 is 2.38 bits per heavy atom. The molecule has 0 aromatic rings. The third kappa shape index (κ3) is 3.52. The summed E-state index contributed by atoms with van der Waals surface area (Å²) in [6.07, 6.45) is 1.83. The van der Waals surface area contributed by atoms with Crippen molar-refractivity contribution in [2.45, 2.75) is 85.0 Å². The SMILES string of the molecule is CC(C)[C@H](CO[Si](C)(C)C(C)(C)C)[C@@H]1C[C@@]2(C)C(=O)C[C@H]1C[C@@H]2O. The van der Waals surface area contributed by atoms with Crippen molar-refractivity contribution in [3.05, 3.63) is 0 Å². The quantitative estimate of drug-likeness (QED) is 0.731. The second-order valence-corrected chi connectivity index (χ2v) is 15.2. The van der Waals surface area contributed by atoms with Gasteiger partial charge in [-0.2, -0.15) is 0 Å². The molecular weight excluding hydrogens is 316 g/mol. The van der Waals surface area contributed by atoms with E-state index in [1.807, 2.05) is 6.92 Å². The minimum absolute atomic E-state index is 0.220. The van der Waals surface area contributed by atoms with Crippen LogP contribution in [0.3, 0.4) is 0 Å². The molecule has 1 N–H and O–H groups in total. The maximum Gasteiger partial charge on any atom is 0.191 e. The van der Waals surface area contributed by atoms with Gasteiger partial charge in [0.1, 0.15) is 5.78 Å². The highest BCUT2D eigenvalue weighted by atomic mass is 28.4. The minimum Gasteiger partial charge on any atom is -0.417 e. The summed E-state index contributed by atoms with van der Waals surface area (Å²) in [6, 6.07) is 0. The number of aliphatic hydroxyl groups is 1. The van der Waals surface area contributed by atoms with Gasteiger partial charge in [0.25, 0.3) is 0 Å². The lowest BCUT2D eigenvalue weighted by Crippen LogP contribution is -2.56. The fraction of sp³-hybridized carbons (Fsp3) is 0.950. The molecule has 3 aliphatic carbocycles. The molecule has 0 radical (unpaired) electrons. The summed E-state index contributed by atoms with van der Waals surface area (Å²) in [5, 5.41) is 10.6. The first-order valence-corrected chi connectivity index (χ1v) is 12.6. The Balaban J connectivity index is 2.14. The fourth-order valence-corrected chi connectivity index (χ4v) is 5.39. The average Bonchev–Trinajstić information content (AvgIpc) is 2.40. The van der Waals surface area contributed by atoms with E-state index in [0.29, 0.717) is 30.1 Å². The number of fused-ring (bicyclic) bond motifs is 3. The highest BCUT2D eigenvalue weighted by Crippen LogP contribution is 2.54. The maximum absolute atomic E-state index is 12.4. The molecular formula is C20H38O3Si. The molecule has 3 rings (SSSR count). The largest absolute Gasteiger partial charge is 0.417 e. The first-order chi connectivity index (χ1) is 10.8. The number of ketones is 1. The molecule has 0 aromatic heterocycles. The topological polar surface area (TPSA) is 46.5 Å². The Labute approximate surface area is 149 Å². The van der Waals surface area contributed by atoms with Crippen LogP contribution in [0.25, 0.3) is 0 Å². The van der Waals surface area contributed by atoms with Gasteiger partial charge in [0, 0.05) is 13.0 Å². The monoisotopic (exact) mass is 354 g/mol. The molecule has 5 atom stereocenters. The third-order valence-electron chi connectivity index (χ3n) is 7.46. The molecule has 0 unspecified atom stereocenters. The summed E-state index contributed by atoms with van der Waals surface area (Å²) in [4.78, 5) is 12.4. The number of rotatable bonds is 5. The van der Waals surface area contributed by atoms with E-state index in [4.69, 9.17) is 4.43 Å². The van der Waals surface area contributed by atoms with Gasteiger partial charge < -0.3 is 9.53 Å². The van der Waals surface area contributed by atoms with Crippen LogP contribution in [0.15, 0.2) is 0 Å². The Hall–Kier alpha value is -0.193. The lowest BCUT2D eigenvalue weighted by atomic mass is 9.52. The van der Waals surface area contributed by atoms with E-state index in [0.717, 1.165) is 19.4 Å². The van der Waals surface area contributed by atoms with Crippen LogP contribution in [-0.2, 0) is 9.22 Å². The molecule has 0 aliphatic heterocycles. The van der Waals surface area contributed by atoms with Crippen LogP contribution < -0.4 is 0 Å². The number of Topliss-reactive ketones (excluding diaryl/α,β-unsaturated/α-hetero) is 1. The van der Waals surface area contributed by atoms with E-state index >= 15 is 0 Å². The van der Waals surface area contributed by atoms with Crippen LogP contribution >= 0.6 is 0 Å². The zero-order valence-corrected chi connectivity index (χ0v) is 18.0. The van der Waals surface area contributed by atoms with Crippen molar-refractivity contribution >= 4 is 14.1 Å². The summed E-state index contributed by atoms with van der Waals surface area (Å²) in [5.74, 6) is 2.12. The van der Waals surface area contributed by atoms with Gasteiger partial charge in [-0.15, -0.1) is 0 Å². The van der Waals surface area contributed by atoms with Crippen molar-refractivity contribution in [2.75, 3.05) is 6.61 Å². The van der Waals surface area contributed by atoms with Gasteiger partial charge in [0.05, 0.1) is 11.5 Å². The van der Waals surface area contributed by atoms with Crippen LogP contribution in [0.5, 0.6) is 0 Å². The summed E-state index contributed by atoms with van der Waals surface area (Å²) in [6.45, 7) is 18.8. The Morgan fingerprint density at radius 1 is 1.33 bits per heavy atom. The Kier molecular flexibility index (Phi) is 5.46. The van der Waals surface area contributed by atoms with Gasteiger partial charge >= 0.3 is 0 Å². The van der Waals surface area contributed by atoms with Crippen LogP contribution in [0.1, 0.15) is 60.8 Å². The maximum atomic E-state index is 12.4. The highest BCUT2D eigenvalue weighted by molar-refractivity contribution is 6.74. The van der Waals surface area contributed by atoms with E-state index < -0.39 is 19.8 Å². The second kappa shape index (κ2) is 6.51. The van der Waals surface area contributed by atoms with Crippen LogP contribution in [-0.4, -0.2) is 31.9 Å². The normalized spacial score (nSPS) is 35.6. The molecule has 3 saturated carbocycles. The van der Waals surface area contributed by atoms with E-state index in [-0.39, 0.29) is 10.8 Å². The van der Waals surface area contributed by atoms with Crippen molar-refractivity contribution < 1.29 is 14.3 Å². The van der Waals surface area contributed by atoms with E-state index in [1.54, 1.807) is 0 Å². The zero-order chi connectivity index (χ0) is 18.5. The first-order valence-electron chi connectivity index (χ1n) is 9.65. The molecule has 140 valence electrons. The lowest BCUT2D eigenvalue weighted by molar-refractivity contribution is -0.160. The van der Waals surface area contributed by atoms with Crippen molar-refractivity contribution in [1.82, 2.24) is 0 Å². The van der Waals surface area contributed by atoms with Gasteiger partial charge in [-0.3, -0.25) is 4.79 Å². The molecule has 0 saturated heterocycles. The molecule has 0 amide bonds. The molecule has 2 bridgehead atoms. The number of carbonyl (C=O) groups is 1. The second-order valence-electron chi connectivity index (χ2n) is 10.4. The highest BCUT2D eigenvalue weighted by Gasteiger charge is 2.56. The van der Waals surface area contributed by atoms with Gasteiger partial charge in [0.2, 0.25) is 0 Å². The standard InChI is InChI=1S/C20H38O3Si/c1-13(2)16(12-23-24(7,8)19(3,4)5)15-11-20(6)17(21)9-14(15)10-18(20)22/h13-17,21H,9-12H2,1-8H3/t14-,15-,16+,17+,20-/m1/s1. The Bertz CT molecular complexity index is 480. The van der Waals surface area contributed by atoms with Crippen LogP contribution in [0.4, 0.5) is 0 Å².